The molecule has 0 saturated heterocycles. The lowest BCUT2D eigenvalue weighted by molar-refractivity contribution is 1.19. The Kier molecular flexibility index (Phi) is 3.95. The van der Waals surface area contributed by atoms with E-state index in [1.807, 2.05) is 0 Å². The van der Waals surface area contributed by atoms with Crippen molar-refractivity contribution in [1.29, 1.82) is 0 Å². The van der Waals surface area contributed by atoms with E-state index in [-0.39, 0.29) is 0 Å². The second kappa shape index (κ2) is 6.74. The number of hydrogen-bond acceptors (Lipinski definition) is 0. The Labute approximate surface area is 159 Å². The fourth-order valence-corrected chi connectivity index (χ4v) is 3.97. The molecule has 0 amide bonds. The Hall–Kier alpha value is -3.38. The molecular weight excluding hydrogens is 324 g/mol. The number of rotatable bonds is 3. The highest BCUT2D eigenvalue weighted by Gasteiger charge is 2.08. The van der Waals surface area contributed by atoms with E-state index in [0.29, 0.717) is 0 Å². The Morgan fingerprint density at radius 2 is 1.11 bits per heavy atom. The van der Waals surface area contributed by atoms with Gasteiger partial charge in [-0.2, -0.15) is 0 Å². The Balaban J connectivity index is 1.68. The van der Waals surface area contributed by atoms with Gasteiger partial charge in [0.25, 0.3) is 0 Å². The summed E-state index contributed by atoms with van der Waals surface area (Å²) >= 11 is 0. The van der Waals surface area contributed by atoms with Crippen LogP contribution >= 0.6 is 0 Å². The van der Waals surface area contributed by atoms with Crippen LogP contribution in [0.1, 0.15) is 11.1 Å². The number of benzene rings is 5. The maximum atomic E-state index is 2.34. The van der Waals surface area contributed by atoms with Gasteiger partial charge in [0.1, 0.15) is 0 Å². The van der Waals surface area contributed by atoms with Crippen LogP contribution in [-0.2, 0) is 6.42 Å². The standard InChI is InChI=1S/C27H20/c1-2-9-20(10-3-1)17-21-11-8-13-22(18-21)27-19-23-12-4-5-14-24(23)25-15-6-7-16-26(25)27/h1-16,18-19H,17H2. The minimum atomic E-state index is 0.959. The van der Waals surface area contributed by atoms with E-state index in [1.165, 1.54) is 43.8 Å². The van der Waals surface area contributed by atoms with E-state index in [2.05, 4.69) is 109 Å². The van der Waals surface area contributed by atoms with Gasteiger partial charge < -0.3 is 0 Å². The largest absolute Gasteiger partial charge is 0.0622 e. The first-order valence-electron chi connectivity index (χ1n) is 9.42. The van der Waals surface area contributed by atoms with Crippen LogP contribution in [0.4, 0.5) is 0 Å². The molecule has 0 aliphatic heterocycles. The molecule has 0 bridgehead atoms. The van der Waals surface area contributed by atoms with E-state index in [9.17, 15) is 0 Å². The molecule has 0 spiro atoms. The van der Waals surface area contributed by atoms with Crippen molar-refractivity contribution in [2.45, 2.75) is 6.42 Å². The summed E-state index contributed by atoms with van der Waals surface area (Å²) in [6.45, 7) is 0. The highest BCUT2D eigenvalue weighted by molar-refractivity contribution is 6.13. The zero-order valence-corrected chi connectivity index (χ0v) is 15.1. The third-order valence-electron chi connectivity index (χ3n) is 5.26. The first-order chi connectivity index (χ1) is 13.4. The topological polar surface area (TPSA) is 0 Å². The second-order valence-electron chi connectivity index (χ2n) is 7.05. The van der Waals surface area contributed by atoms with Gasteiger partial charge in [0.05, 0.1) is 0 Å². The molecule has 128 valence electrons. The first kappa shape index (κ1) is 15.8. The lowest BCUT2D eigenvalue weighted by atomic mass is 9.92. The van der Waals surface area contributed by atoms with Crippen molar-refractivity contribution >= 4 is 21.5 Å². The fraction of sp³-hybridized carbons (Fsp3) is 0.0370. The minimum Gasteiger partial charge on any atom is -0.0622 e. The molecule has 0 radical (unpaired) electrons. The molecule has 5 aromatic rings. The number of fused-ring (bicyclic) bond motifs is 3. The van der Waals surface area contributed by atoms with Crippen molar-refractivity contribution in [3.8, 4) is 11.1 Å². The zero-order valence-electron chi connectivity index (χ0n) is 15.1. The van der Waals surface area contributed by atoms with Crippen molar-refractivity contribution < 1.29 is 0 Å². The molecule has 5 aromatic carbocycles. The van der Waals surface area contributed by atoms with E-state index < -0.39 is 0 Å². The van der Waals surface area contributed by atoms with Gasteiger partial charge in [-0.05, 0) is 56.3 Å². The summed E-state index contributed by atoms with van der Waals surface area (Å²) < 4.78 is 0. The summed E-state index contributed by atoms with van der Waals surface area (Å²) in [4.78, 5) is 0. The van der Waals surface area contributed by atoms with Crippen LogP contribution in [-0.4, -0.2) is 0 Å². The molecule has 0 saturated carbocycles. The molecule has 5 rings (SSSR count). The zero-order chi connectivity index (χ0) is 18.1. The van der Waals surface area contributed by atoms with Gasteiger partial charge in [-0.1, -0.05) is 103 Å². The summed E-state index contributed by atoms with van der Waals surface area (Å²) in [5.41, 5.74) is 5.28. The quantitative estimate of drug-likeness (QED) is 0.302. The van der Waals surface area contributed by atoms with E-state index in [4.69, 9.17) is 0 Å². The molecule has 0 fully saturated rings. The maximum absolute atomic E-state index is 2.34. The van der Waals surface area contributed by atoms with Crippen LogP contribution in [0.3, 0.4) is 0 Å². The Bertz CT molecular complexity index is 1230. The molecule has 0 aliphatic carbocycles. The number of hydrogen-bond donors (Lipinski definition) is 0. The van der Waals surface area contributed by atoms with Crippen LogP contribution in [0.15, 0.2) is 109 Å². The maximum Gasteiger partial charge on any atom is -0.00256 e. The summed E-state index contributed by atoms with van der Waals surface area (Å²) in [6, 6.07) is 39.4. The summed E-state index contributed by atoms with van der Waals surface area (Å²) in [7, 11) is 0. The van der Waals surface area contributed by atoms with Gasteiger partial charge in [-0.3, -0.25) is 0 Å². The van der Waals surface area contributed by atoms with Crippen molar-refractivity contribution in [2.24, 2.45) is 0 Å². The summed E-state index contributed by atoms with van der Waals surface area (Å²) in [5, 5.41) is 5.24. The van der Waals surface area contributed by atoms with Gasteiger partial charge >= 0.3 is 0 Å². The second-order valence-corrected chi connectivity index (χ2v) is 7.05. The predicted octanol–water partition coefficient (Wildman–Crippen LogP) is 7.25. The Morgan fingerprint density at radius 1 is 0.444 bits per heavy atom. The smallest absolute Gasteiger partial charge is 0.00256 e. The van der Waals surface area contributed by atoms with Crippen LogP contribution in [0.2, 0.25) is 0 Å². The molecule has 0 aliphatic rings. The summed E-state index contributed by atoms with van der Waals surface area (Å²) in [6.07, 6.45) is 0.959. The van der Waals surface area contributed by atoms with Gasteiger partial charge in [0, 0.05) is 0 Å². The molecule has 0 heteroatoms. The van der Waals surface area contributed by atoms with E-state index in [0.717, 1.165) is 6.42 Å². The van der Waals surface area contributed by atoms with Crippen molar-refractivity contribution in [3.63, 3.8) is 0 Å². The van der Waals surface area contributed by atoms with E-state index >= 15 is 0 Å². The van der Waals surface area contributed by atoms with Crippen LogP contribution in [0.5, 0.6) is 0 Å². The molecule has 0 unspecified atom stereocenters. The third kappa shape index (κ3) is 3.00. The minimum absolute atomic E-state index is 0.959. The molecular formula is C27H20. The molecule has 0 atom stereocenters. The molecule has 0 N–H and O–H groups in total. The lowest BCUT2D eigenvalue weighted by Crippen LogP contribution is -1.90. The average Bonchev–Trinajstić information content (AvgIpc) is 2.74. The lowest BCUT2D eigenvalue weighted by Gasteiger charge is -2.12. The predicted molar refractivity (Wildman–Crippen MR) is 116 cm³/mol. The van der Waals surface area contributed by atoms with Crippen LogP contribution < -0.4 is 0 Å². The van der Waals surface area contributed by atoms with Crippen molar-refractivity contribution in [2.75, 3.05) is 0 Å². The third-order valence-corrected chi connectivity index (χ3v) is 5.26. The average molecular weight is 344 g/mol. The molecule has 0 nitrogen and oxygen atoms in total. The van der Waals surface area contributed by atoms with E-state index in [1.54, 1.807) is 0 Å². The molecule has 0 heterocycles. The molecule has 0 aromatic heterocycles. The monoisotopic (exact) mass is 344 g/mol. The SMILES string of the molecule is c1ccc(Cc2cccc(-c3cc4ccccc4c4ccccc34)c2)cc1. The highest BCUT2D eigenvalue weighted by Crippen LogP contribution is 2.35. The van der Waals surface area contributed by atoms with Gasteiger partial charge in [0.2, 0.25) is 0 Å². The van der Waals surface area contributed by atoms with Crippen molar-refractivity contribution in [1.82, 2.24) is 0 Å². The van der Waals surface area contributed by atoms with Crippen LogP contribution in [0.25, 0.3) is 32.7 Å². The highest BCUT2D eigenvalue weighted by atomic mass is 14.1. The van der Waals surface area contributed by atoms with Gasteiger partial charge in [0.15, 0.2) is 0 Å². The van der Waals surface area contributed by atoms with Crippen molar-refractivity contribution in [3.05, 3.63) is 120 Å². The molecule has 27 heavy (non-hydrogen) atoms. The van der Waals surface area contributed by atoms with Gasteiger partial charge in [-0.25, -0.2) is 0 Å². The van der Waals surface area contributed by atoms with Crippen LogP contribution in [0, 0.1) is 0 Å². The Morgan fingerprint density at radius 3 is 1.96 bits per heavy atom. The summed E-state index contributed by atoms with van der Waals surface area (Å²) in [5.74, 6) is 0. The first-order valence-corrected chi connectivity index (χ1v) is 9.42. The van der Waals surface area contributed by atoms with Gasteiger partial charge in [-0.15, -0.1) is 0 Å². The fourth-order valence-electron chi connectivity index (χ4n) is 3.97. The normalized spacial score (nSPS) is 11.1.